The van der Waals surface area contributed by atoms with Crippen molar-refractivity contribution in [2.75, 3.05) is 11.4 Å². The summed E-state index contributed by atoms with van der Waals surface area (Å²) in [5.74, 6) is 1.79. The summed E-state index contributed by atoms with van der Waals surface area (Å²) in [6.07, 6.45) is 2.62. The number of hydrogen-bond acceptors (Lipinski definition) is 3. The fourth-order valence-corrected chi connectivity index (χ4v) is 2.16. The van der Waals surface area contributed by atoms with Gasteiger partial charge in [-0.25, -0.2) is 4.98 Å². The maximum Gasteiger partial charge on any atom is 0.129 e. The minimum atomic E-state index is 0.576. The van der Waals surface area contributed by atoms with Crippen molar-refractivity contribution in [1.82, 2.24) is 4.98 Å². The number of hydrogen-bond donors (Lipinski definition) is 1. The molecule has 3 heteroatoms. The van der Waals surface area contributed by atoms with Crippen LogP contribution in [0.5, 0.6) is 0 Å². The predicted molar refractivity (Wildman–Crippen MR) is 72.1 cm³/mol. The van der Waals surface area contributed by atoms with E-state index in [1.54, 1.807) is 0 Å². The van der Waals surface area contributed by atoms with Gasteiger partial charge >= 0.3 is 0 Å². The number of aromatic nitrogens is 1. The standard InChI is InChI=1S/C14H23N3/c1-10(2)9-17(13-5-6-13)14-7-4-12(8-15)11(3)16-14/h4,7,10,13H,5-6,8-9,15H2,1-3H3. The molecule has 17 heavy (non-hydrogen) atoms. The third kappa shape index (κ3) is 2.97. The van der Waals surface area contributed by atoms with Crippen LogP contribution in [-0.2, 0) is 6.54 Å². The number of aryl methyl sites for hydroxylation is 1. The first kappa shape index (κ1) is 12.4. The Balaban J connectivity index is 2.20. The minimum absolute atomic E-state index is 0.576. The predicted octanol–water partition coefficient (Wildman–Crippen LogP) is 2.47. The molecule has 0 amide bonds. The third-order valence-electron chi connectivity index (χ3n) is 3.24. The van der Waals surface area contributed by atoms with Crippen LogP contribution in [0.1, 0.15) is 37.9 Å². The monoisotopic (exact) mass is 233 g/mol. The third-order valence-corrected chi connectivity index (χ3v) is 3.24. The molecule has 1 heterocycles. The van der Waals surface area contributed by atoms with E-state index in [0.717, 1.165) is 23.6 Å². The summed E-state index contributed by atoms with van der Waals surface area (Å²) in [4.78, 5) is 7.16. The lowest BCUT2D eigenvalue weighted by Gasteiger charge is -2.26. The van der Waals surface area contributed by atoms with E-state index in [-0.39, 0.29) is 0 Å². The number of nitrogens with zero attached hydrogens (tertiary/aromatic N) is 2. The summed E-state index contributed by atoms with van der Waals surface area (Å²) in [5, 5.41) is 0. The van der Waals surface area contributed by atoms with Crippen molar-refractivity contribution >= 4 is 5.82 Å². The van der Waals surface area contributed by atoms with E-state index in [9.17, 15) is 0 Å². The van der Waals surface area contributed by atoms with Gasteiger partial charge in [-0.1, -0.05) is 19.9 Å². The highest BCUT2D eigenvalue weighted by atomic mass is 15.2. The van der Waals surface area contributed by atoms with Gasteiger partial charge in [0.1, 0.15) is 5.82 Å². The van der Waals surface area contributed by atoms with Gasteiger partial charge in [0.25, 0.3) is 0 Å². The van der Waals surface area contributed by atoms with Gasteiger partial charge in [-0.05, 0) is 37.3 Å². The topological polar surface area (TPSA) is 42.2 Å². The molecule has 0 radical (unpaired) electrons. The highest BCUT2D eigenvalue weighted by Gasteiger charge is 2.30. The van der Waals surface area contributed by atoms with E-state index in [0.29, 0.717) is 18.5 Å². The number of nitrogens with two attached hydrogens (primary N) is 1. The second-order valence-electron chi connectivity index (χ2n) is 5.40. The first-order valence-corrected chi connectivity index (χ1v) is 6.55. The van der Waals surface area contributed by atoms with E-state index in [1.807, 2.05) is 6.92 Å². The average molecular weight is 233 g/mol. The highest BCUT2D eigenvalue weighted by Crippen LogP contribution is 2.31. The Kier molecular flexibility index (Phi) is 3.67. The first-order chi connectivity index (χ1) is 8.11. The smallest absolute Gasteiger partial charge is 0.129 e. The lowest BCUT2D eigenvalue weighted by atomic mass is 10.1. The fraction of sp³-hybridized carbons (Fsp3) is 0.643. The van der Waals surface area contributed by atoms with E-state index in [4.69, 9.17) is 10.7 Å². The largest absolute Gasteiger partial charge is 0.353 e. The fourth-order valence-electron chi connectivity index (χ4n) is 2.16. The van der Waals surface area contributed by atoms with Crippen LogP contribution in [0.4, 0.5) is 5.82 Å². The molecule has 1 saturated carbocycles. The summed E-state index contributed by atoms with van der Waals surface area (Å²) in [7, 11) is 0. The molecule has 0 spiro atoms. The zero-order chi connectivity index (χ0) is 12.4. The van der Waals surface area contributed by atoms with Crippen molar-refractivity contribution in [3.63, 3.8) is 0 Å². The summed E-state index contributed by atoms with van der Waals surface area (Å²) in [6, 6.07) is 4.96. The molecule has 1 fully saturated rings. The van der Waals surface area contributed by atoms with Crippen molar-refractivity contribution in [1.29, 1.82) is 0 Å². The molecule has 94 valence electrons. The molecule has 1 aliphatic rings. The molecule has 1 aliphatic carbocycles. The van der Waals surface area contributed by atoms with Crippen LogP contribution in [0.15, 0.2) is 12.1 Å². The lowest BCUT2D eigenvalue weighted by Crippen LogP contribution is -2.30. The van der Waals surface area contributed by atoms with Crippen LogP contribution in [0.2, 0.25) is 0 Å². The van der Waals surface area contributed by atoms with E-state index < -0.39 is 0 Å². The zero-order valence-corrected chi connectivity index (χ0v) is 11.1. The average Bonchev–Trinajstić information content (AvgIpc) is 3.09. The normalized spacial score (nSPS) is 15.4. The lowest BCUT2D eigenvalue weighted by molar-refractivity contribution is 0.602. The van der Waals surface area contributed by atoms with E-state index >= 15 is 0 Å². The van der Waals surface area contributed by atoms with Crippen LogP contribution in [0.3, 0.4) is 0 Å². The minimum Gasteiger partial charge on any atom is -0.353 e. The molecule has 2 N–H and O–H groups in total. The Morgan fingerprint density at radius 3 is 2.59 bits per heavy atom. The summed E-state index contributed by atoms with van der Waals surface area (Å²) in [6.45, 7) is 8.24. The van der Waals surface area contributed by atoms with E-state index in [2.05, 4.69) is 30.9 Å². The van der Waals surface area contributed by atoms with Crippen molar-refractivity contribution in [2.24, 2.45) is 11.7 Å². The Labute approximate surface area is 104 Å². The van der Waals surface area contributed by atoms with Crippen LogP contribution >= 0.6 is 0 Å². The van der Waals surface area contributed by atoms with Gasteiger partial charge in [0.05, 0.1) is 0 Å². The van der Waals surface area contributed by atoms with Crippen LogP contribution in [0.25, 0.3) is 0 Å². The molecule has 3 nitrogen and oxygen atoms in total. The number of pyridine rings is 1. The molecular weight excluding hydrogens is 210 g/mol. The van der Waals surface area contributed by atoms with Crippen molar-refractivity contribution < 1.29 is 0 Å². The van der Waals surface area contributed by atoms with Crippen molar-refractivity contribution in [2.45, 2.75) is 46.2 Å². The Hall–Kier alpha value is -1.09. The van der Waals surface area contributed by atoms with E-state index in [1.165, 1.54) is 12.8 Å². The summed E-state index contributed by atoms with van der Waals surface area (Å²) < 4.78 is 0. The Morgan fingerprint density at radius 1 is 1.41 bits per heavy atom. The van der Waals surface area contributed by atoms with Gasteiger partial charge < -0.3 is 10.6 Å². The Bertz CT molecular complexity index is 383. The van der Waals surface area contributed by atoms with Crippen molar-refractivity contribution in [3.8, 4) is 0 Å². The number of rotatable bonds is 5. The first-order valence-electron chi connectivity index (χ1n) is 6.55. The summed E-state index contributed by atoms with van der Waals surface area (Å²) in [5.41, 5.74) is 7.89. The molecule has 0 atom stereocenters. The van der Waals surface area contributed by atoms with Crippen LogP contribution in [0, 0.1) is 12.8 Å². The van der Waals surface area contributed by atoms with Gasteiger partial charge in [-0.3, -0.25) is 0 Å². The van der Waals surface area contributed by atoms with Crippen molar-refractivity contribution in [3.05, 3.63) is 23.4 Å². The maximum atomic E-state index is 5.68. The van der Waals surface area contributed by atoms with Gasteiger partial charge in [-0.15, -0.1) is 0 Å². The molecule has 0 bridgehead atoms. The molecule has 1 aromatic rings. The van der Waals surface area contributed by atoms with Gasteiger partial charge in [-0.2, -0.15) is 0 Å². The maximum absolute atomic E-state index is 5.68. The van der Waals surface area contributed by atoms with Crippen LogP contribution in [-0.4, -0.2) is 17.6 Å². The molecule has 0 saturated heterocycles. The molecular formula is C14H23N3. The quantitative estimate of drug-likeness (QED) is 0.849. The van der Waals surface area contributed by atoms with Crippen LogP contribution < -0.4 is 10.6 Å². The second kappa shape index (κ2) is 5.05. The number of anilines is 1. The van der Waals surface area contributed by atoms with Gasteiger partial charge in [0.15, 0.2) is 0 Å². The summed E-state index contributed by atoms with van der Waals surface area (Å²) >= 11 is 0. The zero-order valence-electron chi connectivity index (χ0n) is 11.1. The molecule has 0 unspecified atom stereocenters. The second-order valence-corrected chi connectivity index (χ2v) is 5.40. The molecule has 1 aromatic heterocycles. The molecule has 2 rings (SSSR count). The highest BCUT2D eigenvalue weighted by molar-refractivity contribution is 5.44. The van der Waals surface area contributed by atoms with Gasteiger partial charge in [0.2, 0.25) is 0 Å². The Morgan fingerprint density at radius 2 is 2.12 bits per heavy atom. The SMILES string of the molecule is Cc1nc(N(CC(C)C)C2CC2)ccc1CN. The van der Waals surface area contributed by atoms with Gasteiger partial charge in [0, 0.05) is 24.8 Å². The molecule has 0 aromatic carbocycles. The molecule has 0 aliphatic heterocycles.